The average Bonchev–Trinajstić information content (AvgIpc) is 3.02. The van der Waals surface area contributed by atoms with E-state index < -0.39 is 0 Å². The van der Waals surface area contributed by atoms with Crippen molar-refractivity contribution in [1.82, 2.24) is 0 Å². The lowest BCUT2D eigenvalue weighted by Crippen LogP contribution is -2.52. The van der Waals surface area contributed by atoms with Crippen molar-refractivity contribution < 1.29 is 5.11 Å². The van der Waals surface area contributed by atoms with E-state index in [9.17, 15) is 5.11 Å². The largest absolute Gasteiger partial charge is 0.393 e. The van der Waals surface area contributed by atoms with Crippen molar-refractivity contribution in [3.05, 3.63) is 11.6 Å². The Balaban J connectivity index is 1.51. The monoisotopic (exact) mass is 400 g/mol. The first-order chi connectivity index (χ1) is 13.7. The van der Waals surface area contributed by atoms with Crippen LogP contribution in [0.1, 0.15) is 106 Å². The van der Waals surface area contributed by atoms with Gasteiger partial charge in [-0.05, 0) is 91.3 Å². The molecule has 4 rings (SSSR count). The lowest BCUT2D eigenvalue weighted by atomic mass is 9.46. The summed E-state index contributed by atoms with van der Waals surface area (Å²) >= 11 is 0. The molecule has 0 saturated heterocycles. The Labute approximate surface area is 181 Å². The summed E-state index contributed by atoms with van der Waals surface area (Å²) < 4.78 is 0. The van der Waals surface area contributed by atoms with Gasteiger partial charge in [0.25, 0.3) is 0 Å². The third kappa shape index (κ3) is 3.56. The van der Waals surface area contributed by atoms with Crippen LogP contribution in [0.2, 0.25) is 0 Å². The smallest absolute Gasteiger partial charge is 0.0603 e. The number of allylic oxidation sites excluding steroid dienone is 1. The van der Waals surface area contributed by atoms with Gasteiger partial charge in [0.05, 0.1) is 6.10 Å². The van der Waals surface area contributed by atoms with E-state index in [1.807, 2.05) is 0 Å². The number of hydrogen-bond donors (Lipinski definition) is 1. The Bertz CT molecular complexity index is 620. The fraction of sp³-hybridized carbons (Fsp3) is 0.929. The molecule has 0 aromatic carbocycles. The van der Waals surface area contributed by atoms with E-state index in [0.717, 1.165) is 41.9 Å². The maximum absolute atomic E-state index is 10.5. The van der Waals surface area contributed by atoms with Crippen LogP contribution in [0.25, 0.3) is 0 Å². The van der Waals surface area contributed by atoms with Crippen LogP contribution < -0.4 is 0 Å². The van der Waals surface area contributed by atoms with Crippen molar-refractivity contribution in [3.63, 3.8) is 0 Å². The average molecular weight is 401 g/mol. The molecule has 0 aromatic heterocycles. The third-order valence-corrected chi connectivity index (χ3v) is 10.8. The van der Waals surface area contributed by atoms with E-state index in [1.165, 1.54) is 57.8 Å². The van der Waals surface area contributed by atoms with Gasteiger partial charge in [-0.1, -0.05) is 72.5 Å². The van der Waals surface area contributed by atoms with Gasteiger partial charge < -0.3 is 5.11 Å². The SMILES string of the molecule is CC(C)CCCC(C)C1CCC2C3CC=C4[C@@H](C)[C@@H](O)CCC4(C)C3CCC12C. The van der Waals surface area contributed by atoms with Gasteiger partial charge in [-0.2, -0.15) is 0 Å². The van der Waals surface area contributed by atoms with Crippen molar-refractivity contribution in [2.75, 3.05) is 0 Å². The van der Waals surface area contributed by atoms with Gasteiger partial charge in [0.1, 0.15) is 0 Å². The molecule has 4 aliphatic carbocycles. The predicted molar refractivity (Wildman–Crippen MR) is 124 cm³/mol. The highest BCUT2D eigenvalue weighted by Crippen LogP contribution is 2.67. The van der Waals surface area contributed by atoms with Gasteiger partial charge >= 0.3 is 0 Å². The van der Waals surface area contributed by atoms with Gasteiger partial charge in [0, 0.05) is 5.92 Å². The molecule has 1 heteroatoms. The van der Waals surface area contributed by atoms with Crippen molar-refractivity contribution in [2.45, 2.75) is 112 Å². The van der Waals surface area contributed by atoms with Crippen LogP contribution in [-0.4, -0.2) is 11.2 Å². The van der Waals surface area contributed by atoms with Crippen LogP contribution in [0.5, 0.6) is 0 Å². The van der Waals surface area contributed by atoms with Crippen molar-refractivity contribution in [2.24, 2.45) is 52.3 Å². The van der Waals surface area contributed by atoms with Crippen molar-refractivity contribution >= 4 is 0 Å². The molecule has 29 heavy (non-hydrogen) atoms. The van der Waals surface area contributed by atoms with E-state index in [-0.39, 0.29) is 6.10 Å². The zero-order valence-corrected chi connectivity index (χ0v) is 20.2. The summed E-state index contributed by atoms with van der Waals surface area (Å²) in [6.07, 6.45) is 16.1. The Morgan fingerprint density at radius 3 is 2.48 bits per heavy atom. The molecule has 4 aliphatic rings. The molecule has 0 heterocycles. The Morgan fingerprint density at radius 2 is 1.76 bits per heavy atom. The van der Waals surface area contributed by atoms with E-state index in [2.05, 4.69) is 47.6 Å². The highest BCUT2D eigenvalue weighted by atomic mass is 16.3. The number of aliphatic hydroxyl groups excluding tert-OH is 1. The minimum atomic E-state index is -0.109. The summed E-state index contributed by atoms with van der Waals surface area (Å²) in [5.74, 6) is 5.78. The van der Waals surface area contributed by atoms with Gasteiger partial charge in [-0.25, -0.2) is 0 Å². The molecule has 7 unspecified atom stereocenters. The molecule has 0 aliphatic heterocycles. The Kier molecular flexibility index (Phi) is 6.04. The quantitative estimate of drug-likeness (QED) is 0.470. The summed E-state index contributed by atoms with van der Waals surface area (Å²) in [6.45, 7) is 14.9. The summed E-state index contributed by atoms with van der Waals surface area (Å²) in [5.41, 5.74) is 2.57. The highest BCUT2D eigenvalue weighted by Gasteiger charge is 2.59. The summed E-state index contributed by atoms with van der Waals surface area (Å²) in [6, 6.07) is 0. The van der Waals surface area contributed by atoms with Gasteiger partial charge in [0.2, 0.25) is 0 Å². The molecule has 3 saturated carbocycles. The molecular formula is C28H48O. The molecular weight excluding hydrogens is 352 g/mol. The number of aliphatic hydroxyl groups is 1. The van der Waals surface area contributed by atoms with Crippen LogP contribution in [0, 0.1) is 52.3 Å². The maximum Gasteiger partial charge on any atom is 0.0603 e. The minimum Gasteiger partial charge on any atom is -0.393 e. The fourth-order valence-corrected chi connectivity index (χ4v) is 9.08. The normalized spacial score (nSPS) is 47.9. The molecule has 9 atom stereocenters. The van der Waals surface area contributed by atoms with E-state index >= 15 is 0 Å². The van der Waals surface area contributed by atoms with Crippen LogP contribution >= 0.6 is 0 Å². The first kappa shape index (κ1) is 21.9. The number of rotatable bonds is 5. The first-order valence-corrected chi connectivity index (χ1v) is 13.1. The molecule has 0 aromatic rings. The second kappa shape index (κ2) is 7.99. The molecule has 0 radical (unpaired) electrons. The topological polar surface area (TPSA) is 20.2 Å². The van der Waals surface area contributed by atoms with Crippen LogP contribution in [-0.2, 0) is 0 Å². The molecule has 0 amide bonds. The predicted octanol–water partition coefficient (Wildman–Crippen LogP) is 7.63. The highest BCUT2D eigenvalue weighted by molar-refractivity contribution is 5.27. The van der Waals surface area contributed by atoms with E-state index in [0.29, 0.717) is 16.7 Å². The zero-order chi connectivity index (χ0) is 21.0. The summed E-state index contributed by atoms with van der Waals surface area (Å²) in [7, 11) is 0. The van der Waals surface area contributed by atoms with Crippen molar-refractivity contribution in [1.29, 1.82) is 0 Å². The standard InChI is InChI=1S/C28H48O/c1-18(2)8-7-9-19(3)22-12-13-24-21-10-11-23-20(4)26(29)15-17-28(23,6)25(21)14-16-27(22,24)5/h11,18-22,24-26,29H,7-10,12-17H2,1-6H3/t19?,20-,21?,22?,24?,25?,26+,27?,28?/m1/s1. The van der Waals surface area contributed by atoms with Gasteiger partial charge in [-0.3, -0.25) is 0 Å². The van der Waals surface area contributed by atoms with Crippen LogP contribution in [0.15, 0.2) is 11.6 Å². The lowest BCUT2D eigenvalue weighted by molar-refractivity contribution is -0.0644. The van der Waals surface area contributed by atoms with Crippen LogP contribution in [0.4, 0.5) is 0 Å². The fourth-order valence-electron chi connectivity index (χ4n) is 9.08. The third-order valence-electron chi connectivity index (χ3n) is 10.8. The summed E-state index contributed by atoms with van der Waals surface area (Å²) in [4.78, 5) is 0. The summed E-state index contributed by atoms with van der Waals surface area (Å²) in [5, 5.41) is 10.5. The molecule has 0 spiro atoms. The first-order valence-electron chi connectivity index (χ1n) is 13.1. The lowest BCUT2D eigenvalue weighted by Gasteiger charge is -2.59. The Hall–Kier alpha value is -0.300. The molecule has 1 N–H and O–H groups in total. The molecule has 3 fully saturated rings. The number of hydrogen-bond acceptors (Lipinski definition) is 1. The van der Waals surface area contributed by atoms with Crippen molar-refractivity contribution in [3.8, 4) is 0 Å². The van der Waals surface area contributed by atoms with E-state index in [4.69, 9.17) is 0 Å². The number of fused-ring (bicyclic) bond motifs is 5. The van der Waals surface area contributed by atoms with E-state index in [1.54, 1.807) is 5.57 Å². The maximum atomic E-state index is 10.5. The van der Waals surface area contributed by atoms with Gasteiger partial charge in [-0.15, -0.1) is 0 Å². The minimum absolute atomic E-state index is 0.109. The van der Waals surface area contributed by atoms with Gasteiger partial charge in [0.15, 0.2) is 0 Å². The zero-order valence-electron chi connectivity index (χ0n) is 20.2. The van der Waals surface area contributed by atoms with Crippen LogP contribution in [0.3, 0.4) is 0 Å². The second-order valence-electron chi connectivity index (χ2n) is 12.6. The molecule has 1 nitrogen and oxygen atoms in total. The Morgan fingerprint density at radius 1 is 1.00 bits per heavy atom. The second-order valence-corrected chi connectivity index (χ2v) is 12.6. The molecule has 166 valence electrons. The molecule has 0 bridgehead atoms.